The number of aryl methyl sites for hydroxylation is 1. The summed E-state index contributed by atoms with van der Waals surface area (Å²) in [6.45, 7) is 6.49. The summed E-state index contributed by atoms with van der Waals surface area (Å²) in [5.74, 6) is 2.22. The molecule has 0 amide bonds. The molecule has 2 atom stereocenters. The minimum atomic E-state index is -4.21. The van der Waals surface area contributed by atoms with E-state index in [4.69, 9.17) is 4.74 Å². The summed E-state index contributed by atoms with van der Waals surface area (Å²) in [4.78, 5) is 8.17. The number of rotatable bonds is 5. The van der Waals surface area contributed by atoms with Gasteiger partial charge in [0.05, 0.1) is 6.10 Å². The summed E-state index contributed by atoms with van der Waals surface area (Å²) in [5, 5.41) is 11.5. The highest BCUT2D eigenvalue weighted by molar-refractivity contribution is 5.80. The molecule has 1 aromatic heterocycles. The van der Waals surface area contributed by atoms with E-state index in [-0.39, 0.29) is 6.10 Å². The Morgan fingerprint density at radius 3 is 2.55 bits per heavy atom. The van der Waals surface area contributed by atoms with Crippen molar-refractivity contribution in [1.82, 2.24) is 29.9 Å². The van der Waals surface area contributed by atoms with E-state index < -0.39 is 12.2 Å². The number of nitrogens with one attached hydrogen (secondary N) is 1. The van der Waals surface area contributed by atoms with E-state index in [9.17, 15) is 13.2 Å². The Morgan fingerprint density at radius 2 is 2.00 bits per heavy atom. The first-order valence-corrected chi connectivity index (χ1v) is 10.1. The van der Waals surface area contributed by atoms with Crippen LogP contribution in [-0.4, -0.2) is 88.2 Å². The number of hydrogen-bond donors (Lipinski definition) is 1. The molecule has 164 valence electrons. The average molecular weight is 417 g/mol. The van der Waals surface area contributed by atoms with Crippen LogP contribution in [-0.2, 0) is 18.3 Å². The highest BCUT2D eigenvalue weighted by Gasteiger charge is 2.41. The van der Waals surface area contributed by atoms with Crippen molar-refractivity contribution in [1.29, 1.82) is 0 Å². The molecule has 1 aromatic rings. The molecule has 0 aliphatic carbocycles. The molecule has 0 saturated carbocycles. The van der Waals surface area contributed by atoms with Crippen molar-refractivity contribution in [3.05, 3.63) is 11.6 Å². The molecule has 0 aromatic carbocycles. The molecule has 0 spiro atoms. The van der Waals surface area contributed by atoms with Gasteiger partial charge in [-0.3, -0.25) is 4.90 Å². The fourth-order valence-corrected chi connectivity index (χ4v) is 3.54. The van der Waals surface area contributed by atoms with E-state index in [0.29, 0.717) is 45.2 Å². The van der Waals surface area contributed by atoms with Gasteiger partial charge in [0.15, 0.2) is 11.8 Å². The van der Waals surface area contributed by atoms with Crippen molar-refractivity contribution in [3.8, 4) is 0 Å². The highest BCUT2D eigenvalue weighted by atomic mass is 19.4. The Balaban J connectivity index is 1.64. The summed E-state index contributed by atoms with van der Waals surface area (Å²) in [5.41, 5.74) is 0. The van der Waals surface area contributed by atoms with E-state index in [1.54, 1.807) is 0 Å². The monoisotopic (exact) mass is 417 g/mol. The Morgan fingerprint density at radius 1 is 1.28 bits per heavy atom. The Bertz CT molecular complexity index is 692. The van der Waals surface area contributed by atoms with E-state index in [1.807, 2.05) is 23.4 Å². The number of piperazine rings is 1. The van der Waals surface area contributed by atoms with Gasteiger partial charge in [-0.2, -0.15) is 13.2 Å². The largest absolute Gasteiger partial charge is 0.403 e. The first kappa shape index (κ1) is 21.8. The van der Waals surface area contributed by atoms with Crippen LogP contribution < -0.4 is 5.32 Å². The lowest BCUT2D eigenvalue weighted by Crippen LogP contribution is -2.57. The van der Waals surface area contributed by atoms with Crippen LogP contribution in [0.15, 0.2) is 4.99 Å². The second kappa shape index (κ2) is 9.29. The molecule has 29 heavy (non-hydrogen) atoms. The minimum absolute atomic E-state index is 0.142. The third-order valence-electron chi connectivity index (χ3n) is 5.70. The number of aliphatic imine (C=N–C) groups is 1. The van der Waals surface area contributed by atoms with Crippen LogP contribution in [0.2, 0.25) is 0 Å². The molecular weight excluding hydrogens is 387 g/mol. The Kier molecular flexibility index (Phi) is 6.99. The van der Waals surface area contributed by atoms with Crippen LogP contribution in [0.3, 0.4) is 0 Å². The van der Waals surface area contributed by atoms with Crippen molar-refractivity contribution >= 4 is 5.96 Å². The Labute approximate surface area is 169 Å². The van der Waals surface area contributed by atoms with Crippen molar-refractivity contribution < 1.29 is 17.9 Å². The third-order valence-corrected chi connectivity index (χ3v) is 5.70. The molecule has 3 rings (SSSR count). The Hall–Kier alpha value is -1.88. The second-order valence-corrected chi connectivity index (χ2v) is 7.62. The van der Waals surface area contributed by atoms with Crippen molar-refractivity contribution in [2.75, 3.05) is 39.3 Å². The van der Waals surface area contributed by atoms with Gasteiger partial charge in [0.25, 0.3) is 0 Å². The lowest BCUT2D eigenvalue weighted by Gasteiger charge is -2.39. The van der Waals surface area contributed by atoms with Crippen LogP contribution in [0, 0.1) is 6.92 Å². The van der Waals surface area contributed by atoms with Gasteiger partial charge >= 0.3 is 6.18 Å². The molecule has 1 N–H and O–H groups in total. The summed E-state index contributed by atoms with van der Waals surface area (Å²) < 4.78 is 46.6. The molecule has 11 heteroatoms. The van der Waals surface area contributed by atoms with Crippen LogP contribution in [0.25, 0.3) is 0 Å². The number of ether oxygens (including phenoxy) is 1. The van der Waals surface area contributed by atoms with Gasteiger partial charge in [-0.25, -0.2) is 4.99 Å². The van der Waals surface area contributed by atoms with Crippen LogP contribution in [0.4, 0.5) is 13.2 Å². The normalized spacial score (nSPS) is 22.9. The van der Waals surface area contributed by atoms with Gasteiger partial charge in [-0.15, -0.1) is 10.2 Å². The lowest BCUT2D eigenvalue weighted by atomic mass is 10.2. The van der Waals surface area contributed by atoms with E-state index >= 15 is 0 Å². The maximum Gasteiger partial charge on any atom is 0.403 e. The summed E-state index contributed by atoms with van der Waals surface area (Å²) in [6.07, 6.45) is -2.02. The molecule has 2 saturated heterocycles. The smallest absolute Gasteiger partial charge is 0.376 e. The maximum absolute atomic E-state index is 13.0. The zero-order chi connectivity index (χ0) is 21.0. The van der Waals surface area contributed by atoms with Crippen molar-refractivity contribution in [2.24, 2.45) is 12.0 Å². The number of halogens is 3. The third kappa shape index (κ3) is 5.59. The number of hydrogen-bond acceptors (Lipinski definition) is 5. The molecule has 2 aliphatic rings. The first-order chi connectivity index (χ1) is 13.8. The van der Waals surface area contributed by atoms with Crippen LogP contribution in [0.5, 0.6) is 0 Å². The molecule has 3 heterocycles. The standard InChI is InChI=1S/C18H30F3N7O/c1-13(18(19,20)21)27-6-8-28(9-7-27)17(22-11-15-5-4-10-29-15)23-12-16-25-24-14(2)26(16)3/h13,15H,4-12H2,1-3H3,(H,22,23). The quantitative estimate of drug-likeness (QED) is 0.576. The fraction of sp³-hybridized carbons (Fsp3) is 0.833. The predicted octanol–water partition coefficient (Wildman–Crippen LogP) is 1.32. The molecular formula is C18H30F3N7O. The average Bonchev–Trinajstić information content (AvgIpc) is 3.32. The van der Waals surface area contributed by atoms with Gasteiger partial charge < -0.3 is 19.5 Å². The minimum Gasteiger partial charge on any atom is -0.376 e. The summed E-state index contributed by atoms with van der Waals surface area (Å²) in [7, 11) is 1.89. The fourth-order valence-electron chi connectivity index (χ4n) is 3.54. The SMILES string of the molecule is Cc1nnc(CN=C(NCC2CCCO2)N2CCN(C(C)C(F)(F)F)CC2)n1C. The first-order valence-electron chi connectivity index (χ1n) is 10.1. The number of nitrogens with zero attached hydrogens (tertiary/aromatic N) is 6. The zero-order valence-corrected chi connectivity index (χ0v) is 17.2. The molecule has 2 aliphatic heterocycles. The summed E-state index contributed by atoms with van der Waals surface area (Å²) in [6, 6.07) is -1.44. The van der Waals surface area contributed by atoms with Gasteiger partial charge in [0.1, 0.15) is 18.4 Å². The number of guanidine groups is 1. The van der Waals surface area contributed by atoms with Crippen molar-refractivity contribution in [2.45, 2.75) is 51.6 Å². The van der Waals surface area contributed by atoms with E-state index in [2.05, 4.69) is 20.5 Å². The van der Waals surface area contributed by atoms with E-state index in [1.165, 1.54) is 11.8 Å². The molecule has 0 radical (unpaired) electrons. The second-order valence-electron chi connectivity index (χ2n) is 7.62. The lowest BCUT2D eigenvalue weighted by molar-refractivity contribution is -0.181. The van der Waals surface area contributed by atoms with Gasteiger partial charge in [0.2, 0.25) is 0 Å². The maximum atomic E-state index is 13.0. The van der Waals surface area contributed by atoms with Crippen molar-refractivity contribution in [3.63, 3.8) is 0 Å². The van der Waals surface area contributed by atoms with Crippen LogP contribution >= 0.6 is 0 Å². The van der Waals surface area contributed by atoms with Crippen LogP contribution in [0.1, 0.15) is 31.4 Å². The molecule has 0 bridgehead atoms. The zero-order valence-electron chi connectivity index (χ0n) is 17.2. The van der Waals surface area contributed by atoms with Gasteiger partial charge in [-0.05, 0) is 26.7 Å². The topological polar surface area (TPSA) is 70.8 Å². The molecule has 8 nitrogen and oxygen atoms in total. The molecule has 2 fully saturated rings. The number of aromatic nitrogens is 3. The molecule has 2 unspecified atom stereocenters. The number of alkyl halides is 3. The summed E-state index contributed by atoms with van der Waals surface area (Å²) >= 11 is 0. The van der Waals surface area contributed by atoms with Gasteiger partial charge in [0, 0.05) is 46.4 Å². The highest BCUT2D eigenvalue weighted by Crippen LogP contribution is 2.25. The predicted molar refractivity (Wildman–Crippen MR) is 103 cm³/mol. The van der Waals surface area contributed by atoms with E-state index in [0.717, 1.165) is 31.1 Å². The van der Waals surface area contributed by atoms with Gasteiger partial charge in [-0.1, -0.05) is 0 Å².